The van der Waals surface area contributed by atoms with Gasteiger partial charge in [0.25, 0.3) is 0 Å². The SMILES string of the molecule is CCCNC(c1ccc(C(F)(F)F)cn1)C(CC)CC. The molecule has 20 heavy (non-hydrogen) atoms. The molecule has 1 aromatic rings. The van der Waals surface area contributed by atoms with Gasteiger partial charge in [-0.05, 0) is 31.0 Å². The van der Waals surface area contributed by atoms with Gasteiger partial charge in [-0.1, -0.05) is 33.6 Å². The summed E-state index contributed by atoms with van der Waals surface area (Å²) in [7, 11) is 0. The number of rotatable bonds is 7. The third-order valence-corrected chi connectivity index (χ3v) is 3.57. The van der Waals surface area contributed by atoms with Gasteiger partial charge < -0.3 is 5.32 Å². The van der Waals surface area contributed by atoms with Crippen molar-refractivity contribution in [1.82, 2.24) is 10.3 Å². The van der Waals surface area contributed by atoms with E-state index in [9.17, 15) is 13.2 Å². The van der Waals surface area contributed by atoms with E-state index < -0.39 is 11.7 Å². The van der Waals surface area contributed by atoms with Crippen LogP contribution >= 0.6 is 0 Å². The van der Waals surface area contributed by atoms with Crippen molar-refractivity contribution in [2.75, 3.05) is 6.54 Å². The lowest BCUT2D eigenvalue weighted by molar-refractivity contribution is -0.137. The standard InChI is InChI=1S/C15H23F3N2/c1-4-9-19-14(11(5-2)6-3)13-8-7-12(10-20-13)15(16,17)18/h7-8,10-11,14,19H,4-6,9H2,1-3H3. The Morgan fingerprint density at radius 1 is 1.15 bits per heavy atom. The van der Waals surface area contributed by atoms with Gasteiger partial charge in [0.1, 0.15) is 0 Å². The molecule has 0 aliphatic carbocycles. The lowest BCUT2D eigenvalue weighted by Crippen LogP contribution is -2.29. The van der Waals surface area contributed by atoms with Gasteiger partial charge in [0, 0.05) is 6.20 Å². The van der Waals surface area contributed by atoms with Crippen LogP contribution in [0.5, 0.6) is 0 Å². The van der Waals surface area contributed by atoms with Gasteiger partial charge in [-0.25, -0.2) is 0 Å². The molecule has 0 amide bonds. The van der Waals surface area contributed by atoms with Crippen molar-refractivity contribution in [2.24, 2.45) is 5.92 Å². The maximum atomic E-state index is 12.6. The van der Waals surface area contributed by atoms with Gasteiger partial charge in [-0.2, -0.15) is 13.2 Å². The zero-order valence-electron chi connectivity index (χ0n) is 12.3. The van der Waals surface area contributed by atoms with E-state index in [0.29, 0.717) is 11.6 Å². The monoisotopic (exact) mass is 288 g/mol. The molecule has 0 aromatic carbocycles. The summed E-state index contributed by atoms with van der Waals surface area (Å²) in [6.07, 6.45) is -0.469. The van der Waals surface area contributed by atoms with Gasteiger partial charge in [-0.15, -0.1) is 0 Å². The minimum absolute atomic E-state index is 0.0206. The molecule has 0 spiro atoms. The lowest BCUT2D eigenvalue weighted by Gasteiger charge is -2.26. The summed E-state index contributed by atoms with van der Waals surface area (Å²) in [5.41, 5.74) is 0.000175. The molecule has 1 rings (SSSR count). The van der Waals surface area contributed by atoms with Gasteiger partial charge in [0.2, 0.25) is 0 Å². The van der Waals surface area contributed by atoms with Crippen LogP contribution in [0.4, 0.5) is 13.2 Å². The predicted molar refractivity (Wildman–Crippen MR) is 74.3 cm³/mol. The Hall–Kier alpha value is -1.10. The first kappa shape index (κ1) is 17.0. The molecule has 114 valence electrons. The molecule has 0 bridgehead atoms. The zero-order valence-corrected chi connectivity index (χ0v) is 12.3. The molecule has 0 saturated heterocycles. The van der Waals surface area contributed by atoms with Crippen molar-refractivity contribution in [3.8, 4) is 0 Å². The minimum atomic E-state index is -4.33. The molecule has 0 saturated carbocycles. The molecule has 0 fully saturated rings. The van der Waals surface area contributed by atoms with E-state index in [2.05, 4.69) is 31.1 Å². The average Bonchev–Trinajstić information content (AvgIpc) is 2.43. The van der Waals surface area contributed by atoms with E-state index in [1.807, 2.05) is 0 Å². The summed E-state index contributed by atoms with van der Waals surface area (Å²) in [5.74, 6) is 0.380. The van der Waals surface area contributed by atoms with Crippen molar-refractivity contribution >= 4 is 0 Å². The summed E-state index contributed by atoms with van der Waals surface area (Å²) in [6, 6.07) is 2.63. The van der Waals surface area contributed by atoms with Crippen LogP contribution in [0.15, 0.2) is 18.3 Å². The van der Waals surface area contributed by atoms with Crippen molar-refractivity contribution in [3.05, 3.63) is 29.6 Å². The highest BCUT2D eigenvalue weighted by atomic mass is 19.4. The topological polar surface area (TPSA) is 24.9 Å². The number of aromatic nitrogens is 1. The van der Waals surface area contributed by atoms with Gasteiger partial charge in [0.05, 0.1) is 17.3 Å². The first-order valence-corrected chi connectivity index (χ1v) is 7.20. The highest BCUT2D eigenvalue weighted by Gasteiger charge is 2.31. The number of hydrogen-bond acceptors (Lipinski definition) is 2. The molecule has 5 heteroatoms. The van der Waals surface area contributed by atoms with Gasteiger partial charge in [0.15, 0.2) is 0 Å². The minimum Gasteiger partial charge on any atom is -0.308 e. The fraction of sp³-hybridized carbons (Fsp3) is 0.667. The molecule has 1 aromatic heterocycles. The molecule has 0 aliphatic heterocycles. The van der Waals surface area contributed by atoms with Crippen LogP contribution in [0, 0.1) is 5.92 Å². The Labute approximate surface area is 118 Å². The number of halogens is 3. The number of pyridine rings is 1. The maximum Gasteiger partial charge on any atom is 0.417 e. The number of alkyl halides is 3. The van der Waals surface area contributed by atoms with Crippen LogP contribution in [-0.4, -0.2) is 11.5 Å². The van der Waals surface area contributed by atoms with Crippen LogP contribution in [0.3, 0.4) is 0 Å². The zero-order chi connectivity index (χ0) is 15.2. The second-order valence-electron chi connectivity index (χ2n) is 4.98. The smallest absolute Gasteiger partial charge is 0.308 e. The fourth-order valence-electron chi connectivity index (χ4n) is 2.33. The Morgan fingerprint density at radius 3 is 2.20 bits per heavy atom. The lowest BCUT2D eigenvalue weighted by atomic mass is 9.91. The third kappa shape index (κ3) is 4.47. The first-order valence-electron chi connectivity index (χ1n) is 7.20. The van der Waals surface area contributed by atoms with Crippen LogP contribution in [0.25, 0.3) is 0 Å². The predicted octanol–water partition coefficient (Wildman–Crippen LogP) is 4.58. The van der Waals surface area contributed by atoms with Crippen molar-refractivity contribution in [1.29, 1.82) is 0 Å². The average molecular weight is 288 g/mol. The molecule has 0 aliphatic rings. The Kier molecular flexibility index (Phi) is 6.46. The second kappa shape index (κ2) is 7.62. The number of nitrogens with zero attached hydrogens (tertiary/aromatic N) is 1. The molecule has 1 atom stereocenters. The Balaban J connectivity index is 2.95. The summed E-state index contributed by atoms with van der Waals surface area (Å²) in [5, 5.41) is 3.40. The maximum absolute atomic E-state index is 12.6. The molecule has 2 nitrogen and oxygen atoms in total. The summed E-state index contributed by atoms with van der Waals surface area (Å²) < 4.78 is 37.7. The highest BCUT2D eigenvalue weighted by Crippen LogP contribution is 2.31. The van der Waals surface area contributed by atoms with E-state index in [4.69, 9.17) is 0 Å². The summed E-state index contributed by atoms with van der Waals surface area (Å²) in [4.78, 5) is 4.03. The quantitative estimate of drug-likeness (QED) is 0.794. The van der Waals surface area contributed by atoms with Gasteiger partial charge >= 0.3 is 6.18 Å². The normalized spacial score (nSPS) is 13.8. The van der Waals surface area contributed by atoms with Crippen LogP contribution in [0.2, 0.25) is 0 Å². The number of nitrogens with one attached hydrogen (secondary N) is 1. The largest absolute Gasteiger partial charge is 0.417 e. The van der Waals surface area contributed by atoms with E-state index in [0.717, 1.165) is 38.1 Å². The highest BCUT2D eigenvalue weighted by molar-refractivity contribution is 5.19. The molecule has 0 radical (unpaired) electrons. The van der Waals surface area contributed by atoms with Crippen LogP contribution in [-0.2, 0) is 6.18 Å². The van der Waals surface area contributed by atoms with E-state index in [1.165, 1.54) is 6.07 Å². The van der Waals surface area contributed by atoms with Crippen LogP contribution < -0.4 is 5.32 Å². The molecule has 1 N–H and O–H groups in total. The third-order valence-electron chi connectivity index (χ3n) is 3.57. The second-order valence-corrected chi connectivity index (χ2v) is 4.98. The molecule has 1 heterocycles. The summed E-state index contributed by atoms with van der Waals surface area (Å²) in [6.45, 7) is 7.10. The van der Waals surface area contributed by atoms with Crippen molar-refractivity contribution in [3.63, 3.8) is 0 Å². The van der Waals surface area contributed by atoms with E-state index in [1.54, 1.807) is 0 Å². The van der Waals surface area contributed by atoms with Crippen molar-refractivity contribution < 1.29 is 13.2 Å². The molecular formula is C15H23F3N2. The summed E-state index contributed by atoms with van der Waals surface area (Å²) >= 11 is 0. The molecular weight excluding hydrogens is 265 g/mol. The fourth-order valence-corrected chi connectivity index (χ4v) is 2.33. The van der Waals surface area contributed by atoms with E-state index >= 15 is 0 Å². The Morgan fingerprint density at radius 2 is 1.80 bits per heavy atom. The van der Waals surface area contributed by atoms with E-state index in [-0.39, 0.29) is 6.04 Å². The Bertz CT molecular complexity index is 383. The number of hydrogen-bond donors (Lipinski definition) is 1. The van der Waals surface area contributed by atoms with Crippen molar-refractivity contribution in [2.45, 2.75) is 52.3 Å². The van der Waals surface area contributed by atoms with Crippen LogP contribution in [0.1, 0.15) is 57.3 Å². The first-order chi connectivity index (χ1) is 9.43. The van der Waals surface area contributed by atoms with Gasteiger partial charge in [-0.3, -0.25) is 4.98 Å². The molecule has 1 unspecified atom stereocenters.